The first kappa shape index (κ1) is 19.4. The molecule has 140 valence electrons. The molecule has 0 bridgehead atoms. The molecule has 2 nitrogen and oxygen atoms in total. The van der Waals surface area contributed by atoms with Crippen molar-refractivity contribution in [3.63, 3.8) is 0 Å². The second-order valence-electron chi connectivity index (χ2n) is 7.07. The molecule has 2 heteroatoms. The number of rotatable bonds is 2. The molecule has 0 saturated heterocycles. The van der Waals surface area contributed by atoms with Crippen LogP contribution in [0.15, 0.2) is 103 Å². The summed E-state index contributed by atoms with van der Waals surface area (Å²) in [7, 11) is 0. The van der Waals surface area contributed by atoms with E-state index >= 15 is 0 Å². The van der Waals surface area contributed by atoms with Crippen LogP contribution in [0.4, 0.5) is 0 Å². The molecule has 0 amide bonds. The van der Waals surface area contributed by atoms with Crippen LogP contribution in [-0.2, 0) is 0 Å². The monoisotopic (exact) mass is 366 g/mol. The maximum absolute atomic E-state index is 4.61. The van der Waals surface area contributed by atoms with Crippen molar-refractivity contribution < 1.29 is 0 Å². The van der Waals surface area contributed by atoms with E-state index in [0.717, 1.165) is 39.1 Å². The Morgan fingerprint density at radius 2 is 1.61 bits per heavy atom. The van der Waals surface area contributed by atoms with Crippen molar-refractivity contribution >= 4 is 5.57 Å². The summed E-state index contributed by atoms with van der Waals surface area (Å²) in [6.07, 6.45) is 13.9. The number of hydrogen-bond acceptors (Lipinski definition) is 2. The fourth-order valence-corrected chi connectivity index (χ4v) is 3.12. The molecule has 0 spiro atoms. The Hall–Kier alpha value is -3.39. The summed E-state index contributed by atoms with van der Waals surface area (Å²) in [5.41, 5.74) is 9.63. The van der Waals surface area contributed by atoms with Gasteiger partial charge in [-0.1, -0.05) is 37.4 Å². The first-order valence-electron chi connectivity index (χ1n) is 9.36. The number of hydrogen-bond donors (Lipinski definition) is 1. The third-order valence-electron chi connectivity index (χ3n) is 4.78. The summed E-state index contributed by atoms with van der Waals surface area (Å²) in [6, 6.07) is 10.6. The lowest BCUT2D eigenvalue weighted by molar-refractivity contribution is 1.19. The third kappa shape index (κ3) is 4.47. The van der Waals surface area contributed by atoms with Gasteiger partial charge in [-0.3, -0.25) is 4.98 Å². The topological polar surface area (TPSA) is 24.9 Å². The molecule has 1 N–H and O–H groups in total. The number of allylic oxidation sites excluding steroid dienone is 8. The van der Waals surface area contributed by atoms with Crippen molar-refractivity contribution in [2.75, 3.05) is 0 Å². The summed E-state index contributed by atoms with van der Waals surface area (Å²) in [5, 5.41) is 3.19. The first-order valence-corrected chi connectivity index (χ1v) is 9.36. The third-order valence-corrected chi connectivity index (χ3v) is 4.78. The van der Waals surface area contributed by atoms with E-state index in [2.05, 4.69) is 73.7 Å². The molecule has 1 aromatic carbocycles. The number of aryl methyl sites for hydroxylation is 2. The lowest BCUT2D eigenvalue weighted by Gasteiger charge is -2.12. The van der Waals surface area contributed by atoms with Crippen molar-refractivity contribution in [1.82, 2.24) is 10.3 Å². The quantitative estimate of drug-likeness (QED) is 0.662. The second kappa shape index (κ2) is 8.53. The Morgan fingerprint density at radius 1 is 0.857 bits per heavy atom. The fraction of sp³-hybridized carbons (Fsp3) is 0.115. The second-order valence-corrected chi connectivity index (χ2v) is 7.07. The van der Waals surface area contributed by atoms with Crippen LogP contribution in [-0.4, -0.2) is 4.98 Å². The highest BCUT2D eigenvalue weighted by molar-refractivity contribution is 5.81. The summed E-state index contributed by atoms with van der Waals surface area (Å²) in [4.78, 5) is 4.61. The fourth-order valence-electron chi connectivity index (χ4n) is 3.12. The van der Waals surface area contributed by atoms with Gasteiger partial charge in [0, 0.05) is 24.2 Å². The number of pyridine rings is 1. The predicted molar refractivity (Wildman–Crippen MR) is 121 cm³/mol. The van der Waals surface area contributed by atoms with Crippen LogP contribution in [0.3, 0.4) is 0 Å². The zero-order valence-electron chi connectivity index (χ0n) is 16.8. The largest absolute Gasteiger partial charge is 0.368 e. The van der Waals surface area contributed by atoms with Crippen LogP contribution < -0.4 is 5.32 Å². The Balaban J connectivity index is 2.09. The number of benzene rings is 1. The van der Waals surface area contributed by atoms with Gasteiger partial charge in [-0.05, 0) is 90.1 Å². The van der Waals surface area contributed by atoms with Gasteiger partial charge in [-0.25, -0.2) is 0 Å². The van der Waals surface area contributed by atoms with Crippen LogP contribution in [0.2, 0.25) is 0 Å². The van der Waals surface area contributed by atoms with Crippen LogP contribution in [0.1, 0.15) is 23.6 Å². The zero-order valence-corrected chi connectivity index (χ0v) is 16.8. The standard InChI is InChI=1S/C26H26N2/c1-18-10-13-27-14-11-24(16-22(5)21(4)15-18)23-9-8-19(2)25(17-23)26-20(3)7-6-12-28-26/h6-17,27H,4-5H2,1-3H3/b13-10-,14-11-,18-15-,24-16+. The Bertz CT molecular complexity index is 1050. The van der Waals surface area contributed by atoms with E-state index in [1.807, 2.05) is 43.7 Å². The molecule has 0 fully saturated rings. The normalized spacial score (nSPS) is 20.8. The maximum atomic E-state index is 4.61. The highest BCUT2D eigenvalue weighted by atomic mass is 14.8. The summed E-state index contributed by atoms with van der Waals surface area (Å²) < 4.78 is 0. The number of nitrogens with one attached hydrogen (secondary N) is 1. The lowest BCUT2D eigenvalue weighted by Crippen LogP contribution is -1.94. The van der Waals surface area contributed by atoms with Gasteiger partial charge in [0.25, 0.3) is 0 Å². The SMILES string of the molecule is C=C1/C=C(C)\C=C/N/C=C\C(c2ccc(C)c(-c3ncccc3C)c2)=C/C1=C. The van der Waals surface area contributed by atoms with E-state index in [4.69, 9.17) is 0 Å². The molecule has 0 aliphatic carbocycles. The minimum Gasteiger partial charge on any atom is -0.368 e. The molecule has 2 heterocycles. The minimum absolute atomic E-state index is 0.894. The highest BCUT2D eigenvalue weighted by Crippen LogP contribution is 2.29. The van der Waals surface area contributed by atoms with Gasteiger partial charge < -0.3 is 5.32 Å². The molecular formula is C26H26N2. The Labute approximate surface area is 168 Å². The van der Waals surface area contributed by atoms with Gasteiger partial charge in [0.05, 0.1) is 5.69 Å². The van der Waals surface area contributed by atoms with Crippen molar-refractivity contribution in [1.29, 1.82) is 0 Å². The van der Waals surface area contributed by atoms with Crippen LogP contribution in [0.25, 0.3) is 16.8 Å². The van der Waals surface area contributed by atoms with Crippen molar-refractivity contribution in [2.24, 2.45) is 0 Å². The van der Waals surface area contributed by atoms with E-state index in [-0.39, 0.29) is 0 Å². The van der Waals surface area contributed by atoms with Crippen molar-refractivity contribution in [3.8, 4) is 11.3 Å². The average Bonchev–Trinajstić information content (AvgIpc) is 2.69. The average molecular weight is 367 g/mol. The van der Waals surface area contributed by atoms with Gasteiger partial charge in [0.1, 0.15) is 0 Å². The molecule has 2 aromatic rings. The molecule has 28 heavy (non-hydrogen) atoms. The van der Waals surface area contributed by atoms with Crippen molar-refractivity contribution in [2.45, 2.75) is 20.8 Å². The molecule has 0 atom stereocenters. The lowest BCUT2D eigenvalue weighted by atomic mass is 9.94. The summed E-state index contributed by atoms with van der Waals surface area (Å²) >= 11 is 0. The van der Waals surface area contributed by atoms with E-state index < -0.39 is 0 Å². The van der Waals surface area contributed by atoms with E-state index in [1.54, 1.807) is 0 Å². The summed E-state index contributed by atoms with van der Waals surface area (Å²) in [5.74, 6) is 0. The summed E-state index contributed by atoms with van der Waals surface area (Å²) in [6.45, 7) is 14.6. The van der Waals surface area contributed by atoms with Gasteiger partial charge in [-0.15, -0.1) is 0 Å². The number of nitrogens with zero attached hydrogens (tertiary/aromatic N) is 1. The minimum atomic E-state index is 0.894. The van der Waals surface area contributed by atoms with E-state index in [1.165, 1.54) is 11.1 Å². The Kier molecular flexibility index (Phi) is 5.90. The molecule has 1 aliphatic rings. The van der Waals surface area contributed by atoms with Crippen LogP contribution >= 0.6 is 0 Å². The molecule has 0 saturated carbocycles. The van der Waals surface area contributed by atoms with E-state index in [9.17, 15) is 0 Å². The number of aromatic nitrogens is 1. The Morgan fingerprint density at radius 3 is 2.39 bits per heavy atom. The molecule has 3 rings (SSSR count). The van der Waals surface area contributed by atoms with Gasteiger partial charge in [0.2, 0.25) is 0 Å². The maximum Gasteiger partial charge on any atom is 0.0733 e. The van der Waals surface area contributed by atoms with Gasteiger partial charge in [-0.2, -0.15) is 0 Å². The first-order chi connectivity index (χ1) is 13.5. The smallest absolute Gasteiger partial charge is 0.0733 e. The van der Waals surface area contributed by atoms with E-state index in [0.29, 0.717) is 0 Å². The molecule has 1 aromatic heterocycles. The molecule has 0 radical (unpaired) electrons. The van der Waals surface area contributed by atoms with Crippen LogP contribution in [0, 0.1) is 13.8 Å². The molecular weight excluding hydrogens is 340 g/mol. The molecule has 0 unspecified atom stereocenters. The highest BCUT2D eigenvalue weighted by Gasteiger charge is 2.09. The predicted octanol–water partition coefficient (Wildman–Crippen LogP) is 6.44. The van der Waals surface area contributed by atoms with Crippen LogP contribution in [0.5, 0.6) is 0 Å². The zero-order chi connectivity index (χ0) is 20.1. The van der Waals surface area contributed by atoms with Gasteiger partial charge >= 0.3 is 0 Å². The van der Waals surface area contributed by atoms with Gasteiger partial charge in [0.15, 0.2) is 0 Å². The molecule has 1 aliphatic heterocycles. The van der Waals surface area contributed by atoms with Crippen molar-refractivity contribution in [3.05, 3.63) is 120 Å².